The van der Waals surface area contributed by atoms with E-state index in [4.69, 9.17) is 4.74 Å². The predicted octanol–water partition coefficient (Wildman–Crippen LogP) is 3.08. The number of hydrogen-bond donors (Lipinski definition) is 1. The average Bonchev–Trinajstić information content (AvgIpc) is 3.20. The van der Waals surface area contributed by atoms with Crippen molar-refractivity contribution in [3.8, 4) is 0 Å². The van der Waals surface area contributed by atoms with Gasteiger partial charge in [0.15, 0.2) is 0 Å². The summed E-state index contributed by atoms with van der Waals surface area (Å²) in [4.78, 5) is 0. The van der Waals surface area contributed by atoms with Crippen LogP contribution < -0.4 is 5.32 Å². The van der Waals surface area contributed by atoms with E-state index >= 15 is 0 Å². The molecule has 2 unspecified atom stereocenters. The highest BCUT2D eigenvalue weighted by Crippen LogP contribution is 2.36. The average molecular weight is 265 g/mol. The SMILES string of the molecule is CCOC(C1CC1)C(Cc1ccc(F)cc1C)NC. The van der Waals surface area contributed by atoms with Crippen LogP contribution in [0, 0.1) is 18.7 Å². The van der Waals surface area contributed by atoms with Crippen molar-refractivity contribution >= 4 is 0 Å². The molecule has 0 bridgehead atoms. The third-order valence-electron chi connectivity index (χ3n) is 3.96. The standard InChI is InChI=1S/C16H24FNO/c1-4-19-16(12-5-6-12)15(18-3)10-13-7-8-14(17)9-11(13)2/h7-9,12,15-16,18H,4-6,10H2,1-3H3. The lowest BCUT2D eigenvalue weighted by atomic mass is 9.95. The van der Waals surface area contributed by atoms with E-state index in [9.17, 15) is 4.39 Å². The molecule has 3 heteroatoms. The molecular formula is C16H24FNO. The number of rotatable bonds is 7. The Morgan fingerprint density at radius 1 is 1.42 bits per heavy atom. The first-order valence-electron chi connectivity index (χ1n) is 7.19. The molecule has 1 aliphatic rings. The molecule has 2 rings (SSSR count). The van der Waals surface area contributed by atoms with Crippen LogP contribution in [0.25, 0.3) is 0 Å². The van der Waals surface area contributed by atoms with Gasteiger partial charge in [-0.1, -0.05) is 6.07 Å². The fourth-order valence-electron chi connectivity index (χ4n) is 2.71. The molecule has 2 atom stereocenters. The fourth-order valence-corrected chi connectivity index (χ4v) is 2.71. The maximum absolute atomic E-state index is 13.1. The molecule has 1 aliphatic carbocycles. The minimum atomic E-state index is -0.161. The van der Waals surface area contributed by atoms with E-state index in [0.717, 1.165) is 18.6 Å². The number of benzene rings is 1. The molecule has 106 valence electrons. The summed E-state index contributed by atoms with van der Waals surface area (Å²) in [6.07, 6.45) is 3.71. The van der Waals surface area contributed by atoms with Gasteiger partial charge in [0.2, 0.25) is 0 Å². The van der Waals surface area contributed by atoms with Crippen LogP contribution in [0.2, 0.25) is 0 Å². The molecular weight excluding hydrogens is 241 g/mol. The second-order valence-electron chi connectivity index (χ2n) is 5.43. The van der Waals surface area contributed by atoms with Crippen LogP contribution in [-0.4, -0.2) is 25.8 Å². The van der Waals surface area contributed by atoms with Crippen molar-refractivity contribution in [1.82, 2.24) is 5.32 Å². The van der Waals surface area contributed by atoms with Gasteiger partial charge in [-0.15, -0.1) is 0 Å². The largest absolute Gasteiger partial charge is 0.377 e. The molecule has 1 aromatic rings. The summed E-state index contributed by atoms with van der Waals surface area (Å²) in [6.45, 7) is 4.77. The van der Waals surface area contributed by atoms with Gasteiger partial charge in [0.05, 0.1) is 6.10 Å². The van der Waals surface area contributed by atoms with Gasteiger partial charge in [-0.05, 0) is 69.3 Å². The van der Waals surface area contributed by atoms with E-state index in [1.54, 1.807) is 12.1 Å². The Morgan fingerprint density at radius 2 is 2.16 bits per heavy atom. The first-order chi connectivity index (χ1) is 9.15. The summed E-state index contributed by atoms with van der Waals surface area (Å²) in [5, 5.41) is 3.38. The van der Waals surface area contributed by atoms with E-state index in [2.05, 4.69) is 5.32 Å². The van der Waals surface area contributed by atoms with Crippen molar-refractivity contribution in [2.45, 2.75) is 45.3 Å². The highest BCUT2D eigenvalue weighted by molar-refractivity contribution is 5.27. The predicted molar refractivity (Wildman–Crippen MR) is 75.8 cm³/mol. The zero-order valence-electron chi connectivity index (χ0n) is 12.1. The smallest absolute Gasteiger partial charge is 0.123 e. The molecule has 0 spiro atoms. The summed E-state index contributed by atoms with van der Waals surface area (Å²) in [5.74, 6) is 0.531. The van der Waals surface area contributed by atoms with Gasteiger partial charge in [-0.3, -0.25) is 0 Å². The molecule has 19 heavy (non-hydrogen) atoms. The third-order valence-corrected chi connectivity index (χ3v) is 3.96. The maximum Gasteiger partial charge on any atom is 0.123 e. The summed E-state index contributed by atoms with van der Waals surface area (Å²) >= 11 is 0. The van der Waals surface area contributed by atoms with Gasteiger partial charge in [-0.2, -0.15) is 0 Å². The number of likely N-dealkylation sites (N-methyl/N-ethyl adjacent to an activating group) is 1. The molecule has 0 saturated heterocycles. The Morgan fingerprint density at radius 3 is 2.68 bits per heavy atom. The number of aryl methyl sites for hydroxylation is 1. The van der Waals surface area contributed by atoms with Crippen molar-refractivity contribution in [3.63, 3.8) is 0 Å². The van der Waals surface area contributed by atoms with Crippen LogP contribution in [0.1, 0.15) is 30.9 Å². The summed E-state index contributed by atoms with van der Waals surface area (Å²) in [7, 11) is 1.98. The van der Waals surface area contributed by atoms with Crippen molar-refractivity contribution < 1.29 is 9.13 Å². The normalized spacial score (nSPS) is 18.3. The minimum absolute atomic E-state index is 0.161. The summed E-state index contributed by atoms with van der Waals surface area (Å²) in [6, 6.07) is 5.35. The van der Waals surface area contributed by atoms with E-state index in [-0.39, 0.29) is 11.9 Å². The third kappa shape index (κ3) is 3.77. The van der Waals surface area contributed by atoms with E-state index < -0.39 is 0 Å². The van der Waals surface area contributed by atoms with Crippen LogP contribution in [0.4, 0.5) is 4.39 Å². The number of ether oxygens (including phenoxy) is 1. The quantitative estimate of drug-likeness (QED) is 0.818. The minimum Gasteiger partial charge on any atom is -0.377 e. The lowest BCUT2D eigenvalue weighted by molar-refractivity contribution is 0.0210. The molecule has 0 amide bonds. The summed E-state index contributed by atoms with van der Waals surface area (Å²) < 4.78 is 19.1. The van der Waals surface area contributed by atoms with Crippen LogP contribution in [0.15, 0.2) is 18.2 Å². The first kappa shape index (κ1) is 14.5. The van der Waals surface area contributed by atoms with Gasteiger partial charge < -0.3 is 10.1 Å². The molecule has 0 radical (unpaired) electrons. The van der Waals surface area contributed by atoms with Crippen LogP contribution in [0.5, 0.6) is 0 Å². The molecule has 0 heterocycles. The van der Waals surface area contributed by atoms with Crippen LogP contribution in [-0.2, 0) is 11.2 Å². The second-order valence-corrected chi connectivity index (χ2v) is 5.43. The molecule has 0 aliphatic heterocycles. The molecule has 1 fully saturated rings. The maximum atomic E-state index is 13.1. The number of halogens is 1. The fraction of sp³-hybridized carbons (Fsp3) is 0.625. The van der Waals surface area contributed by atoms with E-state index in [1.165, 1.54) is 18.4 Å². The molecule has 1 aromatic carbocycles. The van der Waals surface area contributed by atoms with E-state index in [1.807, 2.05) is 27.0 Å². The van der Waals surface area contributed by atoms with Crippen molar-refractivity contribution in [1.29, 1.82) is 0 Å². The lowest BCUT2D eigenvalue weighted by Gasteiger charge is -2.27. The van der Waals surface area contributed by atoms with Gasteiger partial charge in [0, 0.05) is 12.6 Å². The Balaban J connectivity index is 2.08. The zero-order valence-corrected chi connectivity index (χ0v) is 12.1. The van der Waals surface area contributed by atoms with Gasteiger partial charge in [0.25, 0.3) is 0 Å². The first-order valence-corrected chi connectivity index (χ1v) is 7.19. The van der Waals surface area contributed by atoms with Crippen molar-refractivity contribution in [2.75, 3.05) is 13.7 Å². The number of nitrogens with one attached hydrogen (secondary N) is 1. The van der Waals surface area contributed by atoms with Gasteiger partial charge in [-0.25, -0.2) is 4.39 Å². The Bertz CT molecular complexity index is 417. The Hall–Kier alpha value is -0.930. The molecule has 2 nitrogen and oxygen atoms in total. The summed E-state index contributed by atoms with van der Waals surface area (Å²) in [5.41, 5.74) is 2.22. The van der Waals surface area contributed by atoms with Crippen molar-refractivity contribution in [2.24, 2.45) is 5.92 Å². The zero-order chi connectivity index (χ0) is 13.8. The molecule has 1 N–H and O–H groups in total. The number of hydrogen-bond acceptors (Lipinski definition) is 2. The molecule has 1 saturated carbocycles. The van der Waals surface area contributed by atoms with Gasteiger partial charge >= 0.3 is 0 Å². The Labute approximate surface area is 115 Å². The highest BCUT2D eigenvalue weighted by atomic mass is 19.1. The van der Waals surface area contributed by atoms with Crippen molar-refractivity contribution in [3.05, 3.63) is 35.1 Å². The molecule has 0 aromatic heterocycles. The van der Waals surface area contributed by atoms with Gasteiger partial charge in [0.1, 0.15) is 5.82 Å². The lowest BCUT2D eigenvalue weighted by Crippen LogP contribution is -2.42. The topological polar surface area (TPSA) is 21.3 Å². The van der Waals surface area contributed by atoms with Crippen LogP contribution in [0.3, 0.4) is 0 Å². The van der Waals surface area contributed by atoms with E-state index in [0.29, 0.717) is 12.0 Å². The Kier molecular flexibility index (Phi) is 4.94. The highest BCUT2D eigenvalue weighted by Gasteiger charge is 2.36. The monoisotopic (exact) mass is 265 g/mol. The second kappa shape index (κ2) is 6.49. The van der Waals surface area contributed by atoms with Crippen LogP contribution >= 0.6 is 0 Å².